The van der Waals surface area contributed by atoms with Gasteiger partial charge in [0, 0.05) is 13.0 Å². The number of fused-ring (bicyclic) bond motifs is 3. The van der Waals surface area contributed by atoms with Gasteiger partial charge in [0.2, 0.25) is 5.91 Å². The van der Waals surface area contributed by atoms with Crippen LogP contribution in [0.1, 0.15) is 43.2 Å². The number of hydrogen-bond donors (Lipinski definition) is 3. The summed E-state index contributed by atoms with van der Waals surface area (Å²) in [4.78, 5) is 37.4. The van der Waals surface area contributed by atoms with E-state index in [0.29, 0.717) is 0 Å². The second-order valence-electron chi connectivity index (χ2n) is 9.20. The fourth-order valence-corrected chi connectivity index (χ4v) is 4.76. The number of amides is 2. The molecule has 1 fully saturated rings. The Kier molecular flexibility index (Phi) is 6.88. The van der Waals surface area contributed by atoms with Crippen molar-refractivity contribution in [1.29, 1.82) is 0 Å². The van der Waals surface area contributed by atoms with Gasteiger partial charge in [-0.05, 0) is 47.9 Å². The quantitative estimate of drug-likeness (QED) is 0.523. The fourth-order valence-electron chi connectivity index (χ4n) is 4.76. The average molecular weight is 467 g/mol. The molecule has 0 aliphatic heterocycles. The molecular formula is C26H30N2O6. The predicted molar refractivity (Wildman–Crippen MR) is 125 cm³/mol. The number of carbonyl (C=O) groups excluding carboxylic acids is 2. The number of carbonyl (C=O) groups is 3. The maximum atomic E-state index is 13.0. The van der Waals surface area contributed by atoms with E-state index in [1.165, 1.54) is 14.0 Å². The topological polar surface area (TPSA) is 114 Å². The molecule has 2 aromatic rings. The molecule has 0 spiro atoms. The van der Waals surface area contributed by atoms with E-state index in [2.05, 4.69) is 22.8 Å². The molecule has 8 nitrogen and oxygen atoms in total. The standard InChI is InChI=1S/C26H30N2O6/c1-26(15-33-2,24(31)27-22(23(29)30)16-8-7-9-16)28-25(32)34-14-21-19-12-5-3-10-17(19)18-11-4-6-13-20(18)21/h3-6,10-13,16,21-22H,7-9,14-15H2,1-2H3,(H,27,31)(H,28,32)(H,29,30). The first-order valence-corrected chi connectivity index (χ1v) is 11.5. The van der Waals surface area contributed by atoms with Crippen molar-refractivity contribution in [3.63, 3.8) is 0 Å². The number of benzene rings is 2. The van der Waals surface area contributed by atoms with Gasteiger partial charge in [0.15, 0.2) is 0 Å². The van der Waals surface area contributed by atoms with Crippen LogP contribution in [0.25, 0.3) is 11.1 Å². The van der Waals surface area contributed by atoms with E-state index in [-0.39, 0.29) is 25.0 Å². The molecular weight excluding hydrogens is 436 g/mol. The van der Waals surface area contributed by atoms with Crippen LogP contribution in [0.5, 0.6) is 0 Å². The minimum Gasteiger partial charge on any atom is -0.480 e. The van der Waals surface area contributed by atoms with Crippen LogP contribution >= 0.6 is 0 Å². The SMILES string of the molecule is COCC(C)(NC(=O)OCC1c2ccccc2-c2ccccc21)C(=O)NC(C(=O)O)C1CCC1. The van der Waals surface area contributed by atoms with Gasteiger partial charge in [-0.2, -0.15) is 0 Å². The zero-order valence-electron chi connectivity index (χ0n) is 19.4. The van der Waals surface area contributed by atoms with Crippen molar-refractivity contribution in [1.82, 2.24) is 10.6 Å². The van der Waals surface area contributed by atoms with Crippen LogP contribution in [-0.2, 0) is 19.1 Å². The number of rotatable bonds is 9. The van der Waals surface area contributed by atoms with Gasteiger partial charge in [-0.3, -0.25) is 4.79 Å². The summed E-state index contributed by atoms with van der Waals surface area (Å²) in [6.07, 6.45) is 1.67. The molecule has 2 atom stereocenters. The summed E-state index contributed by atoms with van der Waals surface area (Å²) in [5.74, 6) is -1.93. The number of aliphatic carboxylic acids is 1. The summed E-state index contributed by atoms with van der Waals surface area (Å²) in [7, 11) is 1.41. The first-order chi connectivity index (χ1) is 16.3. The van der Waals surface area contributed by atoms with Crippen LogP contribution in [0.2, 0.25) is 0 Å². The number of ether oxygens (including phenoxy) is 2. The van der Waals surface area contributed by atoms with Crippen molar-refractivity contribution in [2.45, 2.75) is 43.7 Å². The second kappa shape index (κ2) is 9.85. The molecule has 2 aliphatic carbocycles. The Balaban J connectivity index is 1.43. The first kappa shape index (κ1) is 23.8. The molecule has 2 amide bonds. The highest BCUT2D eigenvalue weighted by molar-refractivity contribution is 5.92. The van der Waals surface area contributed by atoms with E-state index in [1.54, 1.807) is 0 Å². The Morgan fingerprint density at radius 3 is 2.15 bits per heavy atom. The van der Waals surface area contributed by atoms with Crippen molar-refractivity contribution in [3.8, 4) is 11.1 Å². The fraction of sp³-hybridized carbons (Fsp3) is 0.423. The lowest BCUT2D eigenvalue weighted by Crippen LogP contribution is -2.63. The van der Waals surface area contributed by atoms with E-state index in [0.717, 1.165) is 41.5 Å². The lowest BCUT2D eigenvalue weighted by molar-refractivity contribution is -0.146. The molecule has 0 radical (unpaired) electrons. The highest BCUT2D eigenvalue weighted by atomic mass is 16.5. The molecule has 0 saturated heterocycles. The van der Waals surface area contributed by atoms with Crippen LogP contribution in [0.15, 0.2) is 48.5 Å². The first-order valence-electron chi connectivity index (χ1n) is 11.5. The maximum Gasteiger partial charge on any atom is 0.408 e. The monoisotopic (exact) mass is 466 g/mol. The van der Waals surface area contributed by atoms with Gasteiger partial charge in [0.1, 0.15) is 18.2 Å². The highest BCUT2D eigenvalue weighted by Gasteiger charge is 2.41. The Morgan fingerprint density at radius 2 is 1.65 bits per heavy atom. The van der Waals surface area contributed by atoms with Crippen molar-refractivity contribution >= 4 is 18.0 Å². The number of hydrogen-bond acceptors (Lipinski definition) is 5. The summed E-state index contributed by atoms with van der Waals surface area (Å²) in [5.41, 5.74) is 2.91. The minimum absolute atomic E-state index is 0.102. The summed E-state index contributed by atoms with van der Waals surface area (Å²) in [6.45, 7) is 1.46. The normalized spacial score (nSPS) is 17.5. The van der Waals surface area contributed by atoms with Crippen molar-refractivity contribution in [2.75, 3.05) is 20.3 Å². The Labute approximate surface area is 198 Å². The van der Waals surface area contributed by atoms with Crippen LogP contribution in [-0.4, -0.2) is 55.0 Å². The van der Waals surface area contributed by atoms with Gasteiger partial charge in [-0.15, -0.1) is 0 Å². The van der Waals surface area contributed by atoms with Gasteiger partial charge in [-0.1, -0.05) is 55.0 Å². The number of carboxylic acid groups (broad SMARTS) is 1. The molecule has 2 aromatic carbocycles. The number of carboxylic acids is 1. The zero-order chi connectivity index (χ0) is 24.3. The lowest BCUT2D eigenvalue weighted by atomic mass is 9.79. The summed E-state index contributed by atoms with van der Waals surface area (Å²) >= 11 is 0. The number of nitrogens with one attached hydrogen (secondary N) is 2. The highest BCUT2D eigenvalue weighted by Crippen LogP contribution is 2.44. The maximum absolute atomic E-state index is 13.0. The molecule has 180 valence electrons. The van der Waals surface area contributed by atoms with E-state index >= 15 is 0 Å². The summed E-state index contributed by atoms with van der Waals surface area (Å²) in [6, 6.07) is 15.0. The van der Waals surface area contributed by atoms with Crippen LogP contribution in [0.4, 0.5) is 4.79 Å². The van der Waals surface area contributed by atoms with Crippen LogP contribution in [0, 0.1) is 5.92 Å². The molecule has 4 rings (SSSR count). The van der Waals surface area contributed by atoms with Gasteiger partial charge in [-0.25, -0.2) is 9.59 Å². The molecule has 0 heterocycles. The van der Waals surface area contributed by atoms with E-state index in [1.807, 2.05) is 36.4 Å². The number of methoxy groups -OCH3 is 1. The molecule has 3 N–H and O–H groups in total. The number of alkyl carbamates (subject to hydrolysis) is 1. The lowest BCUT2D eigenvalue weighted by Gasteiger charge is -2.35. The molecule has 0 aromatic heterocycles. The third-order valence-electron chi connectivity index (χ3n) is 6.83. The second-order valence-corrected chi connectivity index (χ2v) is 9.20. The van der Waals surface area contributed by atoms with Gasteiger partial charge < -0.3 is 25.2 Å². The van der Waals surface area contributed by atoms with E-state index in [4.69, 9.17) is 9.47 Å². The van der Waals surface area contributed by atoms with Crippen molar-refractivity contribution in [2.24, 2.45) is 5.92 Å². The molecule has 1 saturated carbocycles. The van der Waals surface area contributed by atoms with Crippen LogP contribution < -0.4 is 10.6 Å². The summed E-state index contributed by atoms with van der Waals surface area (Å²) in [5, 5.41) is 14.7. The molecule has 8 heteroatoms. The summed E-state index contributed by atoms with van der Waals surface area (Å²) < 4.78 is 10.7. The molecule has 2 unspecified atom stereocenters. The Bertz CT molecular complexity index is 1040. The average Bonchev–Trinajstić information content (AvgIpc) is 3.10. The van der Waals surface area contributed by atoms with Crippen LogP contribution in [0.3, 0.4) is 0 Å². The van der Waals surface area contributed by atoms with Gasteiger partial charge in [0.05, 0.1) is 6.61 Å². The molecule has 34 heavy (non-hydrogen) atoms. The largest absolute Gasteiger partial charge is 0.480 e. The molecule has 0 bridgehead atoms. The molecule has 2 aliphatic rings. The van der Waals surface area contributed by atoms with Crippen molar-refractivity contribution < 1.29 is 29.0 Å². The van der Waals surface area contributed by atoms with E-state index in [9.17, 15) is 19.5 Å². The predicted octanol–water partition coefficient (Wildman–Crippen LogP) is 3.30. The van der Waals surface area contributed by atoms with Crippen molar-refractivity contribution in [3.05, 3.63) is 59.7 Å². The Morgan fingerprint density at radius 1 is 1.06 bits per heavy atom. The Hall–Kier alpha value is -3.39. The zero-order valence-corrected chi connectivity index (χ0v) is 19.4. The van der Waals surface area contributed by atoms with Gasteiger partial charge in [0.25, 0.3) is 0 Å². The minimum atomic E-state index is -1.49. The van der Waals surface area contributed by atoms with Gasteiger partial charge >= 0.3 is 12.1 Å². The third kappa shape index (κ3) is 4.63. The smallest absolute Gasteiger partial charge is 0.408 e. The third-order valence-corrected chi connectivity index (χ3v) is 6.83. The van der Waals surface area contributed by atoms with E-state index < -0.39 is 29.6 Å².